The molecule has 0 aromatic heterocycles. The number of nitrogens with two attached hydrogens (primary N) is 1. The summed E-state index contributed by atoms with van der Waals surface area (Å²) < 4.78 is 27.4. The lowest BCUT2D eigenvalue weighted by Gasteiger charge is -2.33. The molecule has 1 aromatic carbocycles. The third-order valence-corrected chi connectivity index (χ3v) is 5.03. The highest BCUT2D eigenvalue weighted by atomic mass is 32.2. The van der Waals surface area contributed by atoms with Gasteiger partial charge in [-0.25, -0.2) is 13.1 Å². The molecule has 0 saturated heterocycles. The molecule has 3 N–H and O–H groups in total. The molecule has 1 atom stereocenters. The summed E-state index contributed by atoms with van der Waals surface area (Å²) in [6.45, 7) is 5.72. The minimum atomic E-state index is -3.77. The van der Waals surface area contributed by atoms with Crippen LogP contribution in [0.1, 0.15) is 26.3 Å². The zero-order valence-electron chi connectivity index (χ0n) is 11.3. The molecule has 0 aliphatic rings. The molecule has 1 unspecified atom stereocenters. The molecule has 0 bridgehead atoms. The van der Waals surface area contributed by atoms with E-state index in [1.165, 1.54) is 12.1 Å². The fraction of sp³-hybridized carbons (Fsp3) is 0.462. The maximum absolute atomic E-state index is 12.4. The Bertz CT molecular complexity index is 590. The van der Waals surface area contributed by atoms with Gasteiger partial charge < -0.3 is 5.73 Å². The van der Waals surface area contributed by atoms with Gasteiger partial charge in [-0.1, -0.05) is 26.0 Å². The molecule has 0 heterocycles. The van der Waals surface area contributed by atoms with Gasteiger partial charge in [0.25, 0.3) is 0 Å². The van der Waals surface area contributed by atoms with Crippen LogP contribution in [0.2, 0.25) is 0 Å². The molecule has 5 nitrogen and oxygen atoms in total. The van der Waals surface area contributed by atoms with E-state index in [-0.39, 0.29) is 22.9 Å². The van der Waals surface area contributed by atoms with Gasteiger partial charge in [-0.2, -0.15) is 5.26 Å². The summed E-state index contributed by atoms with van der Waals surface area (Å²) in [5.74, 6) is 0.0292. The van der Waals surface area contributed by atoms with Gasteiger partial charge in [-0.3, -0.25) is 0 Å². The molecule has 19 heavy (non-hydrogen) atoms. The zero-order valence-corrected chi connectivity index (χ0v) is 12.2. The Kier molecular flexibility index (Phi) is 4.69. The number of nitrogens with zero attached hydrogens (tertiary/aromatic N) is 1. The molecule has 0 aliphatic heterocycles. The van der Waals surface area contributed by atoms with Crippen LogP contribution >= 0.6 is 0 Å². The van der Waals surface area contributed by atoms with Gasteiger partial charge in [0.2, 0.25) is 10.0 Å². The summed E-state index contributed by atoms with van der Waals surface area (Å²) >= 11 is 0. The predicted molar refractivity (Wildman–Crippen MR) is 73.8 cm³/mol. The van der Waals surface area contributed by atoms with Crippen LogP contribution in [0.15, 0.2) is 29.2 Å². The second-order valence-electron chi connectivity index (χ2n) is 4.99. The Morgan fingerprint density at radius 2 is 2.00 bits per heavy atom. The fourth-order valence-electron chi connectivity index (χ4n) is 1.55. The average molecular weight is 281 g/mol. The van der Waals surface area contributed by atoms with E-state index in [1.807, 2.05) is 19.9 Å². The first-order valence-electron chi connectivity index (χ1n) is 6.00. The highest BCUT2D eigenvalue weighted by molar-refractivity contribution is 7.89. The summed E-state index contributed by atoms with van der Waals surface area (Å²) in [5, 5.41) is 8.98. The molecular formula is C13H19N3O2S. The van der Waals surface area contributed by atoms with Crippen LogP contribution < -0.4 is 10.5 Å². The van der Waals surface area contributed by atoms with Crippen LogP contribution in [0.25, 0.3) is 0 Å². The van der Waals surface area contributed by atoms with E-state index in [0.717, 1.165) is 0 Å². The van der Waals surface area contributed by atoms with E-state index < -0.39 is 15.6 Å². The molecule has 0 saturated carbocycles. The first-order valence-corrected chi connectivity index (χ1v) is 7.48. The number of hydrogen-bond donors (Lipinski definition) is 2. The molecule has 0 spiro atoms. The molecule has 0 radical (unpaired) electrons. The third kappa shape index (κ3) is 3.32. The fourth-order valence-corrected chi connectivity index (χ4v) is 3.25. The Labute approximate surface area is 114 Å². The van der Waals surface area contributed by atoms with Crippen molar-refractivity contribution in [1.29, 1.82) is 5.26 Å². The second-order valence-corrected chi connectivity index (χ2v) is 6.64. The van der Waals surface area contributed by atoms with Gasteiger partial charge in [-0.05, 0) is 25.0 Å². The van der Waals surface area contributed by atoms with Gasteiger partial charge in [0.05, 0.1) is 10.5 Å². The normalized spacial score (nSPS) is 14.9. The average Bonchev–Trinajstić information content (AvgIpc) is 2.37. The van der Waals surface area contributed by atoms with Crippen molar-refractivity contribution < 1.29 is 8.42 Å². The van der Waals surface area contributed by atoms with Gasteiger partial charge in [0.15, 0.2) is 0 Å². The van der Waals surface area contributed by atoms with Crippen molar-refractivity contribution in [2.75, 3.05) is 6.54 Å². The molecule has 104 valence electrons. The first kappa shape index (κ1) is 15.6. The SMILES string of the molecule is CC(C)C(C)(CN)NS(=O)(=O)c1ccccc1C#N. The molecule has 0 amide bonds. The van der Waals surface area contributed by atoms with Crippen LogP contribution in [0.5, 0.6) is 0 Å². The van der Waals surface area contributed by atoms with Crippen molar-refractivity contribution in [3.05, 3.63) is 29.8 Å². The Morgan fingerprint density at radius 1 is 1.42 bits per heavy atom. The van der Waals surface area contributed by atoms with E-state index >= 15 is 0 Å². The van der Waals surface area contributed by atoms with E-state index in [4.69, 9.17) is 11.0 Å². The standard InChI is InChI=1S/C13H19N3O2S/c1-10(2)13(3,9-15)16-19(17,18)12-7-5-4-6-11(12)8-14/h4-7,10,16H,9,15H2,1-3H3. The smallest absolute Gasteiger partial charge is 0.242 e. The lowest BCUT2D eigenvalue weighted by molar-refractivity contribution is 0.315. The van der Waals surface area contributed by atoms with Crippen molar-refractivity contribution in [1.82, 2.24) is 4.72 Å². The van der Waals surface area contributed by atoms with E-state index in [1.54, 1.807) is 19.1 Å². The van der Waals surface area contributed by atoms with E-state index in [2.05, 4.69) is 4.72 Å². The molecule has 1 aromatic rings. The summed E-state index contributed by atoms with van der Waals surface area (Å²) in [6.07, 6.45) is 0. The van der Waals surface area contributed by atoms with Gasteiger partial charge in [0.1, 0.15) is 6.07 Å². The number of rotatable bonds is 5. The van der Waals surface area contributed by atoms with E-state index in [0.29, 0.717) is 0 Å². The molecule has 0 fully saturated rings. The molecular weight excluding hydrogens is 262 g/mol. The van der Waals surface area contributed by atoms with Crippen molar-refractivity contribution in [3.63, 3.8) is 0 Å². The largest absolute Gasteiger partial charge is 0.329 e. The number of benzene rings is 1. The number of nitriles is 1. The van der Waals surface area contributed by atoms with Crippen molar-refractivity contribution in [3.8, 4) is 6.07 Å². The minimum absolute atomic E-state index is 0.0159. The summed E-state index contributed by atoms with van der Waals surface area (Å²) in [4.78, 5) is -0.0159. The minimum Gasteiger partial charge on any atom is -0.329 e. The third-order valence-electron chi connectivity index (χ3n) is 3.36. The summed E-state index contributed by atoms with van der Waals surface area (Å²) in [5.41, 5.74) is 5.05. The summed E-state index contributed by atoms with van der Waals surface area (Å²) in [7, 11) is -3.77. The van der Waals surface area contributed by atoms with E-state index in [9.17, 15) is 8.42 Å². The number of hydrogen-bond acceptors (Lipinski definition) is 4. The van der Waals surface area contributed by atoms with Gasteiger partial charge in [-0.15, -0.1) is 0 Å². The summed E-state index contributed by atoms with van der Waals surface area (Å²) in [6, 6.07) is 7.99. The van der Waals surface area contributed by atoms with Crippen LogP contribution in [0.4, 0.5) is 0 Å². The van der Waals surface area contributed by atoms with Crippen LogP contribution in [-0.2, 0) is 10.0 Å². The molecule has 1 rings (SSSR count). The number of nitrogens with one attached hydrogen (secondary N) is 1. The Morgan fingerprint density at radius 3 is 2.47 bits per heavy atom. The Hall–Kier alpha value is -1.42. The first-order chi connectivity index (χ1) is 8.77. The lowest BCUT2D eigenvalue weighted by atomic mass is 9.90. The monoisotopic (exact) mass is 281 g/mol. The van der Waals surface area contributed by atoms with Crippen molar-refractivity contribution in [2.45, 2.75) is 31.2 Å². The molecule has 6 heteroatoms. The highest BCUT2D eigenvalue weighted by Gasteiger charge is 2.33. The van der Waals surface area contributed by atoms with Gasteiger partial charge >= 0.3 is 0 Å². The highest BCUT2D eigenvalue weighted by Crippen LogP contribution is 2.21. The molecule has 0 aliphatic carbocycles. The second kappa shape index (κ2) is 5.70. The lowest BCUT2D eigenvalue weighted by Crippen LogP contribution is -2.54. The maximum atomic E-state index is 12.4. The van der Waals surface area contributed by atoms with Crippen LogP contribution in [0.3, 0.4) is 0 Å². The van der Waals surface area contributed by atoms with Gasteiger partial charge in [0, 0.05) is 12.1 Å². The van der Waals surface area contributed by atoms with Crippen molar-refractivity contribution in [2.24, 2.45) is 11.7 Å². The number of sulfonamides is 1. The van der Waals surface area contributed by atoms with Crippen LogP contribution in [0, 0.1) is 17.2 Å². The maximum Gasteiger partial charge on any atom is 0.242 e. The predicted octanol–water partition coefficient (Wildman–Crippen LogP) is 1.21. The topological polar surface area (TPSA) is 96.0 Å². The zero-order chi connectivity index (χ0) is 14.7. The quantitative estimate of drug-likeness (QED) is 0.848. The van der Waals surface area contributed by atoms with Crippen molar-refractivity contribution >= 4 is 10.0 Å². The van der Waals surface area contributed by atoms with Crippen LogP contribution in [-0.4, -0.2) is 20.5 Å². The Balaban J connectivity index is 3.23.